The number of pyridine rings is 2. The van der Waals surface area contributed by atoms with Crippen molar-refractivity contribution in [3.8, 4) is 11.3 Å². The predicted octanol–water partition coefficient (Wildman–Crippen LogP) is 3.18. The average molecular weight is 267 g/mol. The molecule has 0 spiro atoms. The molecule has 2 nitrogen and oxygen atoms in total. The summed E-state index contributed by atoms with van der Waals surface area (Å²) in [6.45, 7) is 0. The summed E-state index contributed by atoms with van der Waals surface area (Å²) in [6, 6.07) is 6.91. The quantitative estimate of drug-likeness (QED) is 0.617. The number of rotatable bonds is 2. The zero-order chi connectivity index (χ0) is 10.7. The van der Waals surface area contributed by atoms with Crippen LogP contribution >= 0.6 is 15.9 Å². The molecule has 76 valence electrons. The molecule has 0 aliphatic heterocycles. The number of hydrogen-bond acceptors (Lipinski definition) is 2. The second kappa shape index (κ2) is 4.49. The Balaban J connectivity index is 2.49. The molecule has 0 aliphatic carbocycles. The summed E-state index contributed by atoms with van der Waals surface area (Å²) in [6.07, 6.45) is 3.34. The molecule has 0 radical (unpaired) electrons. The van der Waals surface area contributed by atoms with Crippen molar-refractivity contribution in [1.29, 1.82) is 0 Å². The van der Waals surface area contributed by atoms with Crippen molar-refractivity contribution >= 4 is 15.9 Å². The molecule has 0 bridgehead atoms. The number of nitrogens with zero attached hydrogens (tertiary/aromatic N) is 2. The molecule has 0 fully saturated rings. The normalized spacial score (nSPS) is 10.3. The van der Waals surface area contributed by atoms with Crippen molar-refractivity contribution in [1.82, 2.24) is 9.97 Å². The smallest absolute Gasteiger partial charge is 0.213 e. The van der Waals surface area contributed by atoms with Crippen molar-refractivity contribution in [2.75, 3.05) is 0 Å². The Labute approximate surface area is 95.3 Å². The fraction of sp³-hybridized carbons (Fsp3) is 0.0909. The van der Waals surface area contributed by atoms with Crippen LogP contribution in [0.3, 0.4) is 0 Å². The lowest BCUT2D eigenvalue weighted by Gasteiger charge is -2.02. The highest BCUT2D eigenvalue weighted by molar-refractivity contribution is 9.08. The summed E-state index contributed by atoms with van der Waals surface area (Å²) >= 11 is 3.29. The molecular weight excluding hydrogens is 259 g/mol. The van der Waals surface area contributed by atoms with Gasteiger partial charge in [0.1, 0.15) is 0 Å². The molecule has 2 heterocycles. The van der Waals surface area contributed by atoms with Crippen LogP contribution in [-0.4, -0.2) is 9.97 Å². The number of halogens is 2. The molecule has 2 aromatic rings. The molecule has 0 unspecified atom stereocenters. The lowest BCUT2D eigenvalue weighted by molar-refractivity contribution is 0.584. The third kappa shape index (κ3) is 2.39. The molecule has 4 heteroatoms. The third-order valence-electron chi connectivity index (χ3n) is 1.97. The molecule has 2 aromatic heterocycles. The lowest BCUT2D eigenvalue weighted by atomic mass is 10.1. The molecule has 15 heavy (non-hydrogen) atoms. The van der Waals surface area contributed by atoms with Crippen LogP contribution < -0.4 is 0 Å². The van der Waals surface area contributed by atoms with Gasteiger partial charge >= 0.3 is 0 Å². The van der Waals surface area contributed by atoms with E-state index in [0.29, 0.717) is 11.0 Å². The minimum absolute atomic E-state index is 0.467. The molecule has 2 rings (SSSR count). The van der Waals surface area contributed by atoms with Gasteiger partial charge in [0, 0.05) is 23.3 Å². The van der Waals surface area contributed by atoms with Gasteiger partial charge in [-0.05, 0) is 29.8 Å². The van der Waals surface area contributed by atoms with Gasteiger partial charge in [0.15, 0.2) is 0 Å². The van der Waals surface area contributed by atoms with Crippen LogP contribution in [-0.2, 0) is 5.33 Å². The van der Waals surface area contributed by atoms with Gasteiger partial charge < -0.3 is 0 Å². The summed E-state index contributed by atoms with van der Waals surface area (Å²) in [5.74, 6) is -0.467. The van der Waals surface area contributed by atoms with E-state index in [-0.39, 0.29) is 0 Å². The molecule has 0 N–H and O–H groups in total. The summed E-state index contributed by atoms with van der Waals surface area (Å²) in [7, 11) is 0. The van der Waals surface area contributed by atoms with E-state index in [9.17, 15) is 4.39 Å². The van der Waals surface area contributed by atoms with E-state index in [4.69, 9.17) is 0 Å². The van der Waals surface area contributed by atoms with E-state index >= 15 is 0 Å². The van der Waals surface area contributed by atoms with Crippen LogP contribution in [0.1, 0.15) is 5.56 Å². The van der Waals surface area contributed by atoms with E-state index in [1.807, 2.05) is 12.1 Å². The van der Waals surface area contributed by atoms with Gasteiger partial charge in [0.25, 0.3) is 0 Å². The van der Waals surface area contributed by atoms with E-state index < -0.39 is 5.95 Å². The molecule has 0 aromatic carbocycles. The minimum Gasteiger partial charge on any atom is -0.264 e. The van der Waals surface area contributed by atoms with Gasteiger partial charge in [-0.3, -0.25) is 4.98 Å². The van der Waals surface area contributed by atoms with E-state index in [2.05, 4.69) is 25.9 Å². The Morgan fingerprint density at radius 1 is 1.33 bits per heavy atom. The van der Waals surface area contributed by atoms with E-state index in [1.165, 1.54) is 6.07 Å². The highest BCUT2D eigenvalue weighted by Gasteiger charge is 2.03. The zero-order valence-corrected chi connectivity index (χ0v) is 9.41. The highest BCUT2D eigenvalue weighted by Crippen LogP contribution is 2.18. The Morgan fingerprint density at radius 2 is 2.20 bits per heavy atom. The maximum Gasteiger partial charge on any atom is 0.213 e. The number of aromatic nitrogens is 2. The first kappa shape index (κ1) is 10.2. The maximum absolute atomic E-state index is 13.1. The summed E-state index contributed by atoms with van der Waals surface area (Å²) in [5.41, 5.74) is 2.29. The van der Waals surface area contributed by atoms with Gasteiger partial charge in [-0.2, -0.15) is 4.39 Å². The first-order chi connectivity index (χ1) is 7.29. The largest absolute Gasteiger partial charge is 0.264 e. The second-order valence-corrected chi connectivity index (χ2v) is 3.62. The first-order valence-corrected chi connectivity index (χ1v) is 5.54. The van der Waals surface area contributed by atoms with Crippen LogP contribution in [0.2, 0.25) is 0 Å². The number of alkyl halides is 1. The highest BCUT2D eigenvalue weighted by atomic mass is 79.9. The van der Waals surface area contributed by atoms with Crippen LogP contribution in [0.5, 0.6) is 0 Å². The van der Waals surface area contributed by atoms with Crippen LogP contribution in [0.25, 0.3) is 11.3 Å². The lowest BCUT2D eigenvalue weighted by Crippen LogP contribution is -1.91. The number of hydrogen-bond donors (Lipinski definition) is 0. The molecule has 0 atom stereocenters. The predicted molar refractivity (Wildman–Crippen MR) is 60.1 cm³/mol. The summed E-state index contributed by atoms with van der Waals surface area (Å²) in [5, 5.41) is 0.611. The van der Waals surface area contributed by atoms with Gasteiger partial charge in [-0.1, -0.05) is 15.9 Å². The summed E-state index contributed by atoms with van der Waals surface area (Å²) < 4.78 is 13.1. The molecule has 0 saturated carbocycles. The molecule has 0 amide bonds. The first-order valence-electron chi connectivity index (χ1n) is 4.42. The fourth-order valence-corrected chi connectivity index (χ4v) is 1.61. The third-order valence-corrected chi connectivity index (χ3v) is 2.61. The summed E-state index contributed by atoms with van der Waals surface area (Å²) in [4.78, 5) is 7.80. The van der Waals surface area contributed by atoms with Crippen molar-refractivity contribution in [3.63, 3.8) is 0 Å². The molecule has 0 aliphatic rings. The van der Waals surface area contributed by atoms with Crippen molar-refractivity contribution in [2.45, 2.75) is 5.33 Å². The van der Waals surface area contributed by atoms with Gasteiger partial charge in [-0.15, -0.1) is 0 Å². The van der Waals surface area contributed by atoms with Gasteiger partial charge in [0.05, 0.1) is 5.69 Å². The minimum atomic E-state index is -0.467. The van der Waals surface area contributed by atoms with Crippen LogP contribution in [0.15, 0.2) is 36.7 Å². The van der Waals surface area contributed by atoms with Gasteiger partial charge in [-0.25, -0.2) is 4.98 Å². The Morgan fingerprint density at radius 3 is 2.87 bits per heavy atom. The standard InChI is InChI=1S/C11H8BrFN2/c12-6-8-4-10(15-11(13)5-8)9-2-1-3-14-7-9/h1-5,7H,6H2. The Hall–Kier alpha value is -1.29. The van der Waals surface area contributed by atoms with Gasteiger partial charge in [0.2, 0.25) is 5.95 Å². The topological polar surface area (TPSA) is 25.8 Å². The van der Waals surface area contributed by atoms with Crippen molar-refractivity contribution < 1.29 is 4.39 Å². The fourth-order valence-electron chi connectivity index (χ4n) is 1.29. The molecular formula is C11H8BrFN2. The second-order valence-electron chi connectivity index (χ2n) is 3.06. The zero-order valence-electron chi connectivity index (χ0n) is 7.82. The van der Waals surface area contributed by atoms with E-state index in [1.54, 1.807) is 18.5 Å². The van der Waals surface area contributed by atoms with Crippen LogP contribution in [0.4, 0.5) is 4.39 Å². The monoisotopic (exact) mass is 266 g/mol. The Bertz CT molecular complexity index is 459. The van der Waals surface area contributed by atoms with Crippen LogP contribution in [0, 0.1) is 5.95 Å². The SMILES string of the molecule is Fc1cc(CBr)cc(-c2cccnc2)n1. The van der Waals surface area contributed by atoms with Crippen molar-refractivity contribution in [3.05, 3.63) is 48.2 Å². The van der Waals surface area contributed by atoms with E-state index in [0.717, 1.165) is 11.1 Å². The van der Waals surface area contributed by atoms with Crippen molar-refractivity contribution in [2.24, 2.45) is 0 Å². The maximum atomic E-state index is 13.1. The average Bonchev–Trinajstić information content (AvgIpc) is 2.29. The molecule has 0 saturated heterocycles. The Kier molecular flexibility index (Phi) is 3.06.